The first kappa shape index (κ1) is 14.5. The molecule has 0 bridgehead atoms. The molecule has 0 saturated heterocycles. The highest BCUT2D eigenvalue weighted by molar-refractivity contribution is 6.31. The molecule has 1 N–H and O–H groups in total. The maximum Gasteiger partial charge on any atom is 0.325 e. The van der Waals surface area contributed by atoms with Gasteiger partial charge < -0.3 is 10.1 Å². The van der Waals surface area contributed by atoms with E-state index in [0.29, 0.717) is 10.7 Å². The number of aryl methyl sites for hydroxylation is 1. The normalized spacial score (nSPS) is 12.1. The van der Waals surface area contributed by atoms with Crippen molar-refractivity contribution in [3.8, 4) is 0 Å². The summed E-state index contributed by atoms with van der Waals surface area (Å²) in [5.41, 5.74) is 1.39. The molecular weight excluding hydrogens is 258 g/mol. The van der Waals surface area contributed by atoms with Crippen molar-refractivity contribution in [1.82, 2.24) is 15.1 Å². The quantitative estimate of drug-likeness (QED) is 0.831. The van der Waals surface area contributed by atoms with Gasteiger partial charge in [-0.1, -0.05) is 11.6 Å². The Bertz CT molecular complexity index is 470. The molecule has 1 atom stereocenters. The Balaban J connectivity index is 2.74. The van der Waals surface area contributed by atoms with Crippen LogP contribution in [0, 0.1) is 13.8 Å². The molecular formula is C11H16ClN3O3. The zero-order chi connectivity index (χ0) is 13.9. The number of nitrogens with zero attached hydrogens (tertiary/aromatic N) is 2. The van der Waals surface area contributed by atoms with Crippen LogP contribution in [0.4, 0.5) is 0 Å². The second kappa shape index (κ2) is 5.86. The van der Waals surface area contributed by atoms with E-state index in [4.69, 9.17) is 11.6 Å². The number of hydrogen-bond acceptors (Lipinski definition) is 4. The molecule has 0 aliphatic rings. The van der Waals surface area contributed by atoms with E-state index in [1.807, 2.05) is 0 Å². The minimum absolute atomic E-state index is 0.160. The first-order valence-electron chi connectivity index (χ1n) is 5.44. The van der Waals surface area contributed by atoms with Crippen molar-refractivity contribution in [3.63, 3.8) is 0 Å². The van der Waals surface area contributed by atoms with E-state index < -0.39 is 12.0 Å². The Morgan fingerprint density at radius 1 is 1.50 bits per heavy atom. The van der Waals surface area contributed by atoms with Crippen molar-refractivity contribution >= 4 is 23.5 Å². The largest absolute Gasteiger partial charge is 0.468 e. The molecule has 0 radical (unpaired) electrons. The Labute approximate surface area is 110 Å². The lowest BCUT2D eigenvalue weighted by Crippen LogP contribution is -2.35. The Morgan fingerprint density at radius 3 is 2.56 bits per heavy atom. The third-order valence-electron chi connectivity index (χ3n) is 2.62. The Kier molecular flexibility index (Phi) is 4.72. The Hall–Kier alpha value is -1.56. The summed E-state index contributed by atoms with van der Waals surface area (Å²) in [5, 5.41) is 7.20. The van der Waals surface area contributed by atoms with Gasteiger partial charge in [-0.25, -0.2) is 0 Å². The molecule has 0 aliphatic heterocycles. The number of amides is 1. The van der Waals surface area contributed by atoms with Crippen LogP contribution in [0.3, 0.4) is 0 Å². The molecule has 0 aliphatic carbocycles. The SMILES string of the molecule is COC(=O)CNC(=O)C(C)n1nc(C)c(Cl)c1C. The predicted molar refractivity (Wildman–Crippen MR) is 66.4 cm³/mol. The third kappa shape index (κ3) is 3.01. The Morgan fingerprint density at radius 2 is 2.11 bits per heavy atom. The predicted octanol–water partition coefficient (Wildman–Crippen LogP) is 1.00. The van der Waals surface area contributed by atoms with Crippen LogP contribution in [0.1, 0.15) is 24.4 Å². The van der Waals surface area contributed by atoms with Gasteiger partial charge in [-0.05, 0) is 20.8 Å². The molecule has 100 valence electrons. The van der Waals surface area contributed by atoms with Crippen molar-refractivity contribution in [2.45, 2.75) is 26.8 Å². The van der Waals surface area contributed by atoms with Gasteiger partial charge in [-0.3, -0.25) is 14.3 Å². The summed E-state index contributed by atoms with van der Waals surface area (Å²) in [6.45, 7) is 5.08. The molecule has 0 spiro atoms. The number of hydrogen-bond donors (Lipinski definition) is 1. The summed E-state index contributed by atoms with van der Waals surface area (Å²) in [6.07, 6.45) is 0. The summed E-state index contributed by atoms with van der Waals surface area (Å²) >= 11 is 6.01. The lowest BCUT2D eigenvalue weighted by molar-refractivity contribution is -0.141. The average molecular weight is 274 g/mol. The standard InChI is InChI=1S/C11H16ClN3O3/c1-6-10(12)7(2)15(14-6)8(3)11(17)13-5-9(16)18-4/h8H,5H2,1-4H3,(H,13,17). The molecule has 1 aromatic rings. The van der Waals surface area contributed by atoms with Gasteiger partial charge in [-0.2, -0.15) is 5.10 Å². The number of aromatic nitrogens is 2. The first-order valence-corrected chi connectivity index (χ1v) is 5.82. The van der Waals surface area contributed by atoms with Crippen LogP contribution in [0.5, 0.6) is 0 Å². The van der Waals surface area contributed by atoms with E-state index in [9.17, 15) is 9.59 Å². The highest BCUT2D eigenvalue weighted by Crippen LogP contribution is 2.21. The van der Waals surface area contributed by atoms with Crippen molar-refractivity contribution in [2.75, 3.05) is 13.7 Å². The topological polar surface area (TPSA) is 73.2 Å². The molecule has 0 fully saturated rings. The number of ether oxygens (including phenoxy) is 1. The zero-order valence-electron chi connectivity index (χ0n) is 10.8. The monoisotopic (exact) mass is 273 g/mol. The summed E-state index contributed by atoms with van der Waals surface area (Å²) in [6, 6.07) is -0.541. The second-order valence-electron chi connectivity index (χ2n) is 3.90. The lowest BCUT2D eigenvalue weighted by Gasteiger charge is -2.13. The van der Waals surface area contributed by atoms with Gasteiger partial charge in [0.2, 0.25) is 5.91 Å². The minimum atomic E-state index is -0.541. The average Bonchev–Trinajstić information content (AvgIpc) is 2.62. The lowest BCUT2D eigenvalue weighted by atomic mass is 10.3. The zero-order valence-corrected chi connectivity index (χ0v) is 11.5. The molecule has 1 unspecified atom stereocenters. The number of carbonyl (C=O) groups is 2. The van der Waals surface area contributed by atoms with Crippen LogP contribution >= 0.6 is 11.6 Å². The van der Waals surface area contributed by atoms with Gasteiger partial charge in [0.1, 0.15) is 12.6 Å². The van der Waals surface area contributed by atoms with Crippen LogP contribution in [-0.4, -0.2) is 35.3 Å². The maximum absolute atomic E-state index is 11.8. The summed E-state index contributed by atoms with van der Waals surface area (Å²) in [7, 11) is 1.26. The van der Waals surface area contributed by atoms with E-state index in [0.717, 1.165) is 5.69 Å². The van der Waals surface area contributed by atoms with Gasteiger partial charge in [0.05, 0.1) is 23.5 Å². The van der Waals surface area contributed by atoms with E-state index >= 15 is 0 Å². The fourth-order valence-corrected chi connectivity index (χ4v) is 1.63. The van der Waals surface area contributed by atoms with Crippen molar-refractivity contribution in [1.29, 1.82) is 0 Å². The van der Waals surface area contributed by atoms with E-state index in [1.54, 1.807) is 20.8 Å². The number of rotatable bonds is 4. The first-order chi connectivity index (χ1) is 8.38. The number of halogens is 1. The van der Waals surface area contributed by atoms with Crippen LogP contribution in [-0.2, 0) is 14.3 Å². The van der Waals surface area contributed by atoms with Crippen LogP contribution < -0.4 is 5.32 Å². The number of esters is 1. The third-order valence-corrected chi connectivity index (χ3v) is 3.16. The molecule has 1 rings (SSSR count). The van der Waals surface area contributed by atoms with Gasteiger partial charge >= 0.3 is 5.97 Å². The number of methoxy groups -OCH3 is 1. The van der Waals surface area contributed by atoms with Gasteiger partial charge in [-0.15, -0.1) is 0 Å². The van der Waals surface area contributed by atoms with Gasteiger partial charge in [0.15, 0.2) is 0 Å². The van der Waals surface area contributed by atoms with Crippen LogP contribution in [0.2, 0.25) is 5.02 Å². The summed E-state index contributed by atoms with van der Waals surface area (Å²) < 4.78 is 5.97. The molecule has 0 aromatic carbocycles. The van der Waals surface area contributed by atoms with E-state index in [2.05, 4.69) is 15.2 Å². The van der Waals surface area contributed by atoms with Gasteiger partial charge in [0.25, 0.3) is 0 Å². The number of carbonyl (C=O) groups excluding carboxylic acids is 2. The fraction of sp³-hybridized carbons (Fsp3) is 0.545. The summed E-state index contributed by atoms with van der Waals surface area (Å²) in [5.74, 6) is -0.815. The van der Waals surface area contributed by atoms with E-state index in [1.165, 1.54) is 11.8 Å². The van der Waals surface area contributed by atoms with Gasteiger partial charge in [0, 0.05) is 0 Å². The molecule has 0 saturated carbocycles. The molecule has 6 nitrogen and oxygen atoms in total. The van der Waals surface area contributed by atoms with Crippen LogP contribution in [0.25, 0.3) is 0 Å². The molecule has 18 heavy (non-hydrogen) atoms. The molecule has 1 amide bonds. The summed E-state index contributed by atoms with van der Waals surface area (Å²) in [4.78, 5) is 22.7. The molecule has 1 aromatic heterocycles. The maximum atomic E-state index is 11.8. The van der Waals surface area contributed by atoms with Crippen LogP contribution in [0.15, 0.2) is 0 Å². The van der Waals surface area contributed by atoms with Crippen molar-refractivity contribution in [2.24, 2.45) is 0 Å². The van der Waals surface area contributed by atoms with Crippen molar-refractivity contribution < 1.29 is 14.3 Å². The number of nitrogens with one attached hydrogen (secondary N) is 1. The highest BCUT2D eigenvalue weighted by atomic mass is 35.5. The second-order valence-corrected chi connectivity index (χ2v) is 4.28. The smallest absolute Gasteiger partial charge is 0.325 e. The van der Waals surface area contributed by atoms with E-state index in [-0.39, 0.29) is 12.5 Å². The van der Waals surface area contributed by atoms with Crippen molar-refractivity contribution in [3.05, 3.63) is 16.4 Å². The minimum Gasteiger partial charge on any atom is -0.468 e. The molecule has 7 heteroatoms. The molecule has 1 heterocycles. The highest BCUT2D eigenvalue weighted by Gasteiger charge is 2.20. The fourth-order valence-electron chi connectivity index (χ4n) is 1.51.